The number of benzene rings is 2. The predicted octanol–water partition coefficient (Wildman–Crippen LogP) is 3.77. The highest BCUT2D eigenvalue weighted by atomic mass is 35.5. The summed E-state index contributed by atoms with van der Waals surface area (Å²) in [5.41, 5.74) is 2.29. The first-order valence-corrected chi connectivity index (χ1v) is 7.45. The molecule has 0 N–H and O–H groups in total. The molecule has 0 atom stereocenters. The largest absolute Gasteiger partial charge is 0.272 e. The third kappa shape index (κ3) is 3.04. The minimum atomic E-state index is -0.465. The van der Waals surface area contributed by atoms with Crippen LogP contribution in [0.15, 0.2) is 59.4 Å². The lowest BCUT2D eigenvalue weighted by Crippen LogP contribution is -2.21. The lowest BCUT2D eigenvalue weighted by Gasteiger charge is -2.09. The van der Waals surface area contributed by atoms with Crippen LogP contribution in [0.3, 0.4) is 0 Å². The Bertz CT molecular complexity index is 964. The first kappa shape index (κ1) is 15.9. The van der Waals surface area contributed by atoms with E-state index in [1.807, 2.05) is 0 Å². The highest BCUT2D eigenvalue weighted by Crippen LogP contribution is 2.23. The molecule has 3 aromatic rings. The molecule has 3 rings (SSSR count). The molecule has 6 nitrogen and oxygen atoms in total. The van der Waals surface area contributed by atoms with E-state index < -0.39 is 4.92 Å². The zero-order valence-electron chi connectivity index (χ0n) is 12.6. The van der Waals surface area contributed by atoms with Crippen LogP contribution in [0.5, 0.6) is 0 Å². The first-order chi connectivity index (χ1) is 11.5. The molecule has 0 aliphatic heterocycles. The summed E-state index contributed by atoms with van der Waals surface area (Å²) >= 11 is 5.85. The molecule has 0 aliphatic rings. The molecule has 7 heteroatoms. The fourth-order valence-electron chi connectivity index (χ4n) is 2.36. The van der Waals surface area contributed by atoms with Crippen LogP contribution in [0.25, 0.3) is 16.8 Å². The maximum absolute atomic E-state index is 12.4. The molecular formula is C17H12ClN3O3. The van der Waals surface area contributed by atoms with Gasteiger partial charge in [-0.2, -0.15) is 9.78 Å². The summed E-state index contributed by atoms with van der Waals surface area (Å²) in [6.07, 6.45) is 0. The lowest BCUT2D eigenvalue weighted by atomic mass is 10.0. The van der Waals surface area contributed by atoms with Crippen molar-refractivity contribution in [3.63, 3.8) is 0 Å². The Kier molecular flexibility index (Phi) is 4.14. The van der Waals surface area contributed by atoms with Crippen molar-refractivity contribution >= 4 is 17.3 Å². The van der Waals surface area contributed by atoms with Gasteiger partial charge < -0.3 is 0 Å². The number of non-ortho nitro benzene ring substituents is 1. The monoisotopic (exact) mass is 341 g/mol. The van der Waals surface area contributed by atoms with Gasteiger partial charge in [0, 0.05) is 28.8 Å². The van der Waals surface area contributed by atoms with Gasteiger partial charge in [0.25, 0.3) is 11.2 Å². The molecule has 0 radical (unpaired) electrons. The van der Waals surface area contributed by atoms with Crippen LogP contribution < -0.4 is 5.56 Å². The quantitative estimate of drug-likeness (QED) is 0.536. The van der Waals surface area contributed by atoms with Gasteiger partial charge in [-0.25, -0.2) is 0 Å². The predicted molar refractivity (Wildman–Crippen MR) is 91.7 cm³/mol. The van der Waals surface area contributed by atoms with Crippen molar-refractivity contribution in [3.8, 4) is 16.8 Å². The smallest absolute Gasteiger partial charge is 0.267 e. The number of halogens is 1. The SMILES string of the molecule is Cc1nn(-c2ccc(Cl)cc2)c(=O)cc1-c1ccc([N+](=O)[O-])cc1. The highest BCUT2D eigenvalue weighted by molar-refractivity contribution is 6.30. The van der Waals surface area contributed by atoms with Gasteiger partial charge in [-0.05, 0) is 48.9 Å². The van der Waals surface area contributed by atoms with Gasteiger partial charge in [0.2, 0.25) is 0 Å². The first-order valence-electron chi connectivity index (χ1n) is 7.07. The van der Waals surface area contributed by atoms with Crippen LogP contribution in [0.2, 0.25) is 5.02 Å². The van der Waals surface area contributed by atoms with E-state index in [-0.39, 0.29) is 11.2 Å². The number of hydrogen-bond acceptors (Lipinski definition) is 4. The summed E-state index contributed by atoms with van der Waals surface area (Å²) in [7, 11) is 0. The van der Waals surface area contributed by atoms with Crippen molar-refractivity contribution in [1.29, 1.82) is 0 Å². The Morgan fingerprint density at radius 2 is 1.71 bits per heavy atom. The third-order valence-electron chi connectivity index (χ3n) is 3.58. The van der Waals surface area contributed by atoms with E-state index in [1.165, 1.54) is 22.9 Å². The topological polar surface area (TPSA) is 78.0 Å². The maximum atomic E-state index is 12.4. The van der Waals surface area contributed by atoms with E-state index in [4.69, 9.17) is 11.6 Å². The summed E-state index contributed by atoms with van der Waals surface area (Å²) < 4.78 is 1.29. The zero-order chi connectivity index (χ0) is 17.3. The fourth-order valence-corrected chi connectivity index (χ4v) is 2.49. The molecule has 0 spiro atoms. The molecule has 1 heterocycles. The van der Waals surface area contributed by atoms with Crippen molar-refractivity contribution in [2.45, 2.75) is 6.92 Å². The number of nitrogens with zero attached hydrogens (tertiary/aromatic N) is 3. The number of nitro benzene ring substituents is 1. The van der Waals surface area contributed by atoms with Gasteiger partial charge in [0.05, 0.1) is 16.3 Å². The van der Waals surface area contributed by atoms with Crippen LogP contribution >= 0.6 is 11.6 Å². The van der Waals surface area contributed by atoms with E-state index in [0.717, 1.165) is 0 Å². The summed E-state index contributed by atoms with van der Waals surface area (Å²) in [6.45, 7) is 1.78. The molecule has 1 aromatic heterocycles. The number of nitro groups is 1. The van der Waals surface area contributed by atoms with E-state index >= 15 is 0 Å². The summed E-state index contributed by atoms with van der Waals surface area (Å²) in [6, 6.07) is 14.3. The second kappa shape index (κ2) is 6.25. The van der Waals surface area contributed by atoms with Crippen LogP contribution in [-0.4, -0.2) is 14.7 Å². The summed E-state index contributed by atoms with van der Waals surface area (Å²) in [5.74, 6) is 0. The molecule has 0 saturated heterocycles. The van der Waals surface area contributed by atoms with Crippen LogP contribution in [0.1, 0.15) is 5.69 Å². The van der Waals surface area contributed by atoms with Crippen molar-refractivity contribution in [1.82, 2.24) is 9.78 Å². The third-order valence-corrected chi connectivity index (χ3v) is 3.83. The summed E-state index contributed by atoms with van der Waals surface area (Å²) in [4.78, 5) is 22.6. The zero-order valence-corrected chi connectivity index (χ0v) is 13.4. The number of rotatable bonds is 3. The standard InChI is InChI=1S/C17H12ClN3O3/c1-11-16(12-2-6-15(7-3-12)21(23)24)10-17(22)20(19-11)14-8-4-13(18)5-9-14/h2-10H,1H3. The van der Waals surface area contributed by atoms with E-state index in [2.05, 4.69) is 5.10 Å². The Morgan fingerprint density at radius 3 is 2.29 bits per heavy atom. The molecule has 0 aliphatic carbocycles. The molecule has 0 amide bonds. The minimum Gasteiger partial charge on any atom is -0.267 e. The molecule has 0 saturated carbocycles. The molecule has 0 bridgehead atoms. The van der Waals surface area contributed by atoms with Gasteiger partial charge in [-0.15, -0.1) is 0 Å². The Balaban J connectivity index is 2.05. The summed E-state index contributed by atoms with van der Waals surface area (Å²) in [5, 5.41) is 15.6. The normalized spacial score (nSPS) is 10.6. The maximum Gasteiger partial charge on any atom is 0.272 e. The van der Waals surface area contributed by atoms with Gasteiger partial charge in [-0.1, -0.05) is 11.6 Å². The van der Waals surface area contributed by atoms with Crippen molar-refractivity contribution in [3.05, 3.63) is 85.8 Å². The van der Waals surface area contributed by atoms with E-state index in [0.29, 0.717) is 27.5 Å². The molecule has 120 valence electrons. The lowest BCUT2D eigenvalue weighted by molar-refractivity contribution is -0.384. The number of hydrogen-bond donors (Lipinski definition) is 0. The molecule has 0 unspecified atom stereocenters. The van der Waals surface area contributed by atoms with Crippen LogP contribution in [0, 0.1) is 17.0 Å². The fraction of sp³-hybridized carbons (Fsp3) is 0.0588. The van der Waals surface area contributed by atoms with Crippen molar-refractivity contribution < 1.29 is 4.92 Å². The Hall–Kier alpha value is -2.99. The Morgan fingerprint density at radius 1 is 1.08 bits per heavy atom. The van der Waals surface area contributed by atoms with Gasteiger partial charge in [-0.3, -0.25) is 14.9 Å². The van der Waals surface area contributed by atoms with Gasteiger partial charge >= 0.3 is 0 Å². The van der Waals surface area contributed by atoms with Crippen molar-refractivity contribution in [2.24, 2.45) is 0 Å². The Labute approximate surface area is 142 Å². The number of aromatic nitrogens is 2. The van der Waals surface area contributed by atoms with E-state index in [1.54, 1.807) is 43.3 Å². The van der Waals surface area contributed by atoms with Gasteiger partial charge in [0.15, 0.2) is 0 Å². The minimum absolute atomic E-state index is 0.00105. The number of aryl methyl sites for hydroxylation is 1. The highest BCUT2D eigenvalue weighted by Gasteiger charge is 2.11. The van der Waals surface area contributed by atoms with Crippen molar-refractivity contribution in [2.75, 3.05) is 0 Å². The molecular weight excluding hydrogens is 330 g/mol. The second-order valence-electron chi connectivity index (χ2n) is 5.17. The second-order valence-corrected chi connectivity index (χ2v) is 5.61. The molecule has 24 heavy (non-hydrogen) atoms. The van der Waals surface area contributed by atoms with Crippen LogP contribution in [-0.2, 0) is 0 Å². The van der Waals surface area contributed by atoms with Crippen LogP contribution in [0.4, 0.5) is 5.69 Å². The average molecular weight is 342 g/mol. The van der Waals surface area contributed by atoms with Gasteiger partial charge in [0.1, 0.15) is 0 Å². The average Bonchev–Trinajstić information content (AvgIpc) is 2.57. The van der Waals surface area contributed by atoms with E-state index in [9.17, 15) is 14.9 Å². The molecule has 0 fully saturated rings. The molecule has 2 aromatic carbocycles.